The molecule has 2 fully saturated rings. The van der Waals surface area contributed by atoms with Crippen LogP contribution in [0.25, 0.3) is 0 Å². The molecule has 9 nitrogen and oxygen atoms in total. The topological polar surface area (TPSA) is 110 Å². The van der Waals surface area contributed by atoms with Crippen molar-refractivity contribution in [2.75, 3.05) is 40.6 Å². The number of nitrogens with zero attached hydrogens (tertiary/aromatic N) is 1. The number of likely N-dealkylation sites (tertiary alicyclic amines) is 1. The number of nitrogens with two attached hydrogens (primary N) is 1. The highest BCUT2D eigenvalue weighted by Crippen LogP contribution is 2.39. The van der Waals surface area contributed by atoms with Gasteiger partial charge in [-0.2, -0.15) is 0 Å². The average molecular weight is 394 g/mol. The zero-order chi connectivity index (χ0) is 20.1. The molecule has 2 aliphatic heterocycles. The molecular formula is C19H26N2O7. The Bertz CT molecular complexity index is 693. The van der Waals surface area contributed by atoms with Gasteiger partial charge in [0.25, 0.3) is 11.8 Å². The van der Waals surface area contributed by atoms with Gasteiger partial charge in [-0.05, 0) is 31.4 Å². The van der Waals surface area contributed by atoms with Crippen molar-refractivity contribution in [1.82, 2.24) is 4.90 Å². The summed E-state index contributed by atoms with van der Waals surface area (Å²) >= 11 is 0. The molecule has 154 valence electrons. The van der Waals surface area contributed by atoms with E-state index in [1.807, 2.05) is 0 Å². The second-order valence-corrected chi connectivity index (χ2v) is 6.64. The number of benzene rings is 1. The van der Waals surface area contributed by atoms with Crippen LogP contribution in [0.1, 0.15) is 29.6 Å². The Labute approximate surface area is 163 Å². The summed E-state index contributed by atoms with van der Waals surface area (Å²) < 4.78 is 27.4. The Morgan fingerprint density at radius 2 is 1.79 bits per heavy atom. The number of carbonyl (C=O) groups excluding carboxylic acids is 2. The van der Waals surface area contributed by atoms with E-state index in [1.54, 1.807) is 17.0 Å². The fourth-order valence-electron chi connectivity index (χ4n) is 3.55. The minimum absolute atomic E-state index is 0.133. The first-order valence-corrected chi connectivity index (χ1v) is 9.26. The number of hydrogen-bond donors (Lipinski definition) is 1. The van der Waals surface area contributed by atoms with Gasteiger partial charge < -0.3 is 34.3 Å². The molecule has 0 bridgehead atoms. The molecule has 2 heterocycles. The summed E-state index contributed by atoms with van der Waals surface area (Å²) in [5, 5.41) is 0. The van der Waals surface area contributed by atoms with Gasteiger partial charge in [0.05, 0.1) is 33.5 Å². The molecule has 1 atom stereocenters. The van der Waals surface area contributed by atoms with Gasteiger partial charge in [-0.15, -0.1) is 0 Å². The van der Waals surface area contributed by atoms with Gasteiger partial charge in [0.1, 0.15) is 0 Å². The van der Waals surface area contributed by atoms with Crippen LogP contribution in [0.15, 0.2) is 12.1 Å². The van der Waals surface area contributed by atoms with Crippen LogP contribution in [0.5, 0.6) is 17.2 Å². The molecule has 3 rings (SSSR count). The Morgan fingerprint density at radius 1 is 1.14 bits per heavy atom. The van der Waals surface area contributed by atoms with Gasteiger partial charge in [-0.1, -0.05) is 0 Å². The highest BCUT2D eigenvalue weighted by Gasteiger charge is 2.37. The van der Waals surface area contributed by atoms with E-state index in [9.17, 15) is 9.59 Å². The molecule has 2 aliphatic rings. The first kappa shape index (κ1) is 20.2. The summed E-state index contributed by atoms with van der Waals surface area (Å²) in [5.74, 6) is -0.00594. The Hall–Kier alpha value is -2.52. The minimum Gasteiger partial charge on any atom is -0.493 e. The average Bonchev–Trinajstić information content (AvgIpc) is 3.25. The number of ether oxygens (including phenoxy) is 5. The van der Waals surface area contributed by atoms with Crippen molar-refractivity contribution in [1.29, 1.82) is 0 Å². The summed E-state index contributed by atoms with van der Waals surface area (Å²) in [5.41, 5.74) is 5.54. The van der Waals surface area contributed by atoms with Crippen molar-refractivity contribution in [3.8, 4) is 17.2 Å². The van der Waals surface area contributed by atoms with E-state index in [0.717, 1.165) is 19.3 Å². The molecule has 0 aliphatic carbocycles. The molecule has 0 radical (unpaired) electrons. The van der Waals surface area contributed by atoms with Gasteiger partial charge in [0.2, 0.25) is 5.75 Å². The smallest absolute Gasteiger partial charge is 0.255 e. The maximum atomic E-state index is 13.3. The van der Waals surface area contributed by atoms with Gasteiger partial charge in [0.15, 0.2) is 24.4 Å². The molecule has 2 amide bonds. The molecule has 2 saturated heterocycles. The van der Waals surface area contributed by atoms with E-state index in [0.29, 0.717) is 25.3 Å². The van der Waals surface area contributed by atoms with Gasteiger partial charge >= 0.3 is 0 Å². The normalized spacial score (nSPS) is 20.1. The van der Waals surface area contributed by atoms with Crippen LogP contribution in [0, 0.1) is 0 Å². The zero-order valence-electron chi connectivity index (χ0n) is 16.1. The lowest BCUT2D eigenvalue weighted by molar-refractivity contribution is -0.120. The van der Waals surface area contributed by atoms with Crippen LogP contribution < -0.4 is 19.9 Å². The molecule has 0 saturated carbocycles. The zero-order valence-corrected chi connectivity index (χ0v) is 16.1. The highest BCUT2D eigenvalue weighted by atomic mass is 16.7. The highest BCUT2D eigenvalue weighted by molar-refractivity contribution is 5.96. The Morgan fingerprint density at radius 3 is 2.36 bits per heavy atom. The molecule has 9 heteroatoms. The maximum Gasteiger partial charge on any atom is 0.255 e. The van der Waals surface area contributed by atoms with Crippen LogP contribution >= 0.6 is 0 Å². The fourth-order valence-corrected chi connectivity index (χ4v) is 3.55. The van der Waals surface area contributed by atoms with E-state index in [1.165, 1.54) is 14.2 Å². The number of methoxy groups -OCH3 is 2. The minimum atomic E-state index is -0.628. The first-order chi connectivity index (χ1) is 13.5. The molecule has 0 spiro atoms. The van der Waals surface area contributed by atoms with Crippen molar-refractivity contribution in [2.24, 2.45) is 5.73 Å². The summed E-state index contributed by atoms with van der Waals surface area (Å²) in [4.78, 5) is 26.1. The van der Waals surface area contributed by atoms with Crippen LogP contribution in [0.2, 0.25) is 0 Å². The van der Waals surface area contributed by atoms with E-state index in [2.05, 4.69) is 0 Å². The number of primary amides is 1. The maximum absolute atomic E-state index is 13.3. The largest absolute Gasteiger partial charge is 0.493 e. The van der Waals surface area contributed by atoms with Crippen LogP contribution in [0.3, 0.4) is 0 Å². The standard InChI is InChI=1S/C19H26N2O7/c1-24-14-9-12(10-15(25-2)17(14)28-11-16(20)22)18(23)21-6-4-3-5-13(21)19-26-7-8-27-19/h9-10,13,19H,3-8,11H2,1-2H3,(H2,20,22). The molecule has 1 aromatic rings. The van der Waals surface area contributed by atoms with Crippen LogP contribution in [-0.4, -0.2) is 69.6 Å². The van der Waals surface area contributed by atoms with Gasteiger partial charge in [-0.3, -0.25) is 9.59 Å². The first-order valence-electron chi connectivity index (χ1n) is 9.26. The molecule has 1 unspecified atom stereocenters. The third-order valence-corrected chi connectivity index (χ3v) is 4.84. The number of amides is 2. The number of piperidine rings is 1. The summed E-state index contributed by atoms with van der Waals surface area (Å²) in [6, 6.07) is 3.01. The lowest BCUT2D eigenvalue weighted by atomic mass is 10.00. The number of rotatable bonds is 7. The third-order valence-electron chi connectivity index (χ3n) is 4.84. The molecule has 1 aromatic carbocycles. The second kappa shape index (κ2) is 9.11. The lowest BCUT2D eigenvalue weighted by Crippen LogP contribution is -2.50. The van der Waals surface area contributed by atoms with Crippen molar-refractivity contribution in [2.45, 2.75) is 31.6 Å². The second-order valence-electron chi connectivity index (χ2n) is 6.64. The lowest BCUT2D eigenvalue weighted by Gasteiger charge is -2.38. The number of carbonyl (C=O) groups is 2. The predicted octanol–water partition coefficient (Wildman–Crippen LogP) is 0.935. The van der Waals surface area contributed by atoms with E-state index >= 15 is 0 Å². The van der Waals surface area contributed by atoms with Crippen LogP contribution in [-0.2, 0) is 14.3 Å². The van der Waals surface area contributed by atoms with Crippen molar-refractivity contribution in [3.05, 3.63) is 17.7 Å². The summed E-state index contributed by atoms with van der Waals surface area (Å²) in [6.45, 7) is 1.37. The van der Waals surface area contributed by atoms with Gasteiger partial charge in [0, 0.05) is 12.1 Å². The fraction of sp³-hybridized carbons (Fsp3) is 0.579. The molecule has 2 N–H and O–H groups in total. The Kier molecular flexibility index (Phi) is 6.58. The van der Waals surface area contributed by atoms with Crippen molar-refractivity contribution < 1.29 is 33.3 Å². The molecule has 28 heavy (non-hydrogen) atoms. The SMILES string of the molecule is COc1cc(C(=O)N2CCCCC2C2OCCO2)cc(OC)c1OCC(N)=O. The monoisotopic (exact) mass is 394 g/mol. The van der Waals surface area contributed by atoms with Crippen molar-refractivity contribution >= 4 is 11.8 Å². The van der Waals surface area contributed by atoms with E-state index < -0.39 is 12.2 Å². The van der Waals surface area contributed by atoms with E-state index in [4.69, 9.17) is 29.4 Å². The predicted molar refractivity (Wildman–Crippen MR) is 98.6 cm³/mol. The quantitative estimate of drug-likeness (QED) is 0.733. The summed E-state index contributed by atoms with van der Waals surface area (Å²) in [6.07, 6.45) is 2.36. The molecular weight excluding hydrogens is 368 g/mol. The van der Waals surface area contributed by atoms with Gasteiger partial charge in [-0.25, -0.2) is 0 Å². The Balaban J connectivity index is 1.88. The van der Waals surface area contributed by atoms with E-state index in [-0.39, 0.29) is 35.8 Å². The third kappa shape index (κ3) is 4.31. The van der Waals surface area contributed by atoms with Crippen LogP contribution in [0.4, 0.5) is 0 Å². The molecule has 0 aromatic heterocycles. The number of hydrogen-bond acceptors (Lipinski definition) is 7. The van der Waals surface area contributed by atoms with Crippen molar-refractivity contribution in [3.63, 3.8) is 0 Å². The summed E-state index contributed by atoms with van der Waals surface area (Å²) in [7, 11) is 2.90.